The number of carbonyl (C=O) groups is 1. The molecule has 32 heavy (non-hydrogen) atoms. The predicted octanol–water partition coefficient (Wildman–Crippen LogP) is 6.14. The molecule has 4 aromatic rings. The molecule has 4 rings (SSSR count). The molecule has 0 aliphatic rings. The van der Waals surface area contributed by atoms with Crippen molar-refractivity contribution in [2.24, 2.45) is 0 Å². The standard InChI is InChI=1S/C23H18F2N2O4S/c1-14-4-2-3-5-19(14)29-12-17-10-11-20(30-17)21(28)27-23-26-18(13-32-23)15-6-8-16(9-7-15)31-22(24)25/h2-11,13,22H,12H2,1H3,(H,26,27,28). The number of thiazole rings is 1. The number of aromatic nitrogens is 1. The highest BCUT2D eigenvalue weighted by atomic mass is 32.1. The number of hydrogen-bond donors (Lipinski definition) is 1. The van der Waals surface area contributed by atoms with Gasteiger partial charge in [-0.05, 0) is 55.0 Å². The second-order valence-corrected chi connectivity index (χ2v) is 7.57. The molecule has 0 bridgehead atoms. The van der Waals surface area contributed by atoms with Crippen molar-refractivity contribution in [3.8, 4) is 22.8 Å². The van der Waals surface area contributed by atoms with Crippen LogP contribution in [0, 0.1) is 6.92 Å². The number of nitrogens with one attached hydrogen (secondary N) is 1. The summed E-state index contributed by atoms with van der Waals surface area (Å²) in [5.41, 5.74) is 2.31. The summed E-state index contributed by atoms with van der Waals surface area (Å²) in [7, 11) is 0. The SMILES string of the molecule is Cc1ccccc1OCc1ccc(C(=O)Nc2nc(-c3ccc(OC(F)F)cc3)cs2)o1. The quantitative estimate of drug-likeness (QED) is 0.345. The summed E-state index contributed by atoms with van der Waals surface area (Å²) in [6.45, 7) is -0.729. The zero-order valence-corrected chi connectivity index (χ0v) is 17.7. The number of anilines is 1. The monoisotopic (exact) mass is 456 g/mol. The molecule has 0 aliphatic heterocycles. The molecule has 6 nitrogen and oxygen atoms in total. The zero-order valence-electron chi connectivity index (χ0n) is 16.9. The normalized spacial score (nSPS) is 10.9. The Morgan fingerprint density at radius 3 is 2.66 bits per heavy atom. The lowest BCUT2D eigenvalue weighted by Crippen LogP contribution is -2.10. The average molecular weight is 456 g/mol. The number of carbonyl (C=O) groups excluding carboxylic acids is 1. The molecule has 2 aromatic heterocycles. The van der Waals surface area contributed by atoms with Crippen LogP contribution in [0.3, 0.4) is 0 Å². The van der Waals surface area contributed by atoms with E-state index in [4.69, 9.17) is 9.15 Å². The lowest BCUT2D eigenvalue weighted by molar-refractivity contribution is -0.0498. The molecule has 0 unspecified atom stereocenters. The number of benzene rings is 2. The first-order valence-corrected chi connectivity index (χ1v) is 10.4. The van der Waals surface area contributed by atoms with Gasteiger partial charge < -0.3 is 13.9 Å². The van der Waals surface area contributed by atoms with E-state index in [1.54, 1.807) is 29.6 Å². The van der Waals surface area contributed by atoms with Gasteiger partial charge in [-0.3, -0.25) is 10.1 Å². The van der Waals surface area contributed by atoms with E-state index in [9.17, 15) is 13.6 Å². The van der Waals surface area contributed by atoms with Gasteiger partial charge in [-0.25, -0.2) is 4.98 Å². The van der Waals surface area contributed by atoms with Crippen LogP contribution in [-0.4, -0.2) is 17.5 Å². The molecule has 0 radical (unpaired) electrons. The van der Waals surface area contributed by atoms with Crippen LogP contribution in [0.2, 0.25) is 0 Å². The van der Waals surface area contributed by atoms with Crippen molar-refractivity contribution in [1.82, 2.24) is 4.98 Å². The molecule has 1 N–H and O–H groups in total. The number of alkyl halides is 2. The largest absolute Gasteiger partial charge is 0.485 e. The highest BCUT2D eigenvalue weighted by Crippen LogP contribution is 2.27. The van der Waals surface area contributed by atoms with E-state index in [1.165, 1.54) is 23.5 Å². The van der Waals surface area contributed by atoms with Crippen LogP contribution in [0.4, 0.5) is 13.9 Å². The Morgan fingerprint density at radius 2 is 1.91 bits per heavy atom. The highest BCUT2D eigenvalue weighted by Gasteiger charge is 2.15. The third kappa shape index (κ3) is 5.30. The van der Waals surface area contributed by atoms with Crippen LogP contribution in [-0.2, 0) is 6.61 Å². The Labute approximate surface area is 186 Å². The topological polar surface area (TPSA) is 73.6 Å². The van der Waals surface area contributed by atoms with Crippen LogP contribution >= 0.6 is 11.3 Å². The fraction of sp³-hybridized carbons (Fsp3) is 0.130. The maximum absolute atomic E-state index is 12.5. The Morgan fingerprint density at radius 1 is 1.12 bits per heavy atom. The van der Waals surface area contributed by atoms with E-state index < -0.39 is 12.5 Å². The molecule has 2 aromatic carbocycles. The van der Waals surface area contributed by atoms with Crippen LogP contribution in [0.5, 0.6) is 11.5 Å². The number of hydrogen-bond acceptors (Lipinski definition) is 6. The third-order valence-corrected chi connectivity index (χ3v) is 5.21. The molecule has 164 valence electrons. The van der Waals surface area contributed by atoms with Crippen molar-refractivity contribution < 1.29 is 27.5 Å². The van der Waals surface area contributed by atoms with Gasteiger partial charge in [0.25, 0.3) is 5.91 Å². The Kier molecular flexibility index (Phi) is 6.46. The van der Waals surface area contributed by atoms with Gasteiger partial charge in [0.05, 0.1) is 5.69 Å². The molecule has 0 spiro atoms. The minimum absolute atomic E-state index is 0.0625. The first kappa shape index (κ1) is 21.5. The van der Waals surface area contributed by atoms with Crippen LogP contribution in [0.15, 0.2) is 70.5 Å². The summed E-state index contributed by atoms with van der Waals surface area (Å²) in [6, 6.07) is 17.0. The van der Waals surface area contributed by atoms with Crippen molar-refractivity contribution in [3.63, 3.8) is 0 Å². The van der Waals surface area contributed by atoms with E-state index in [0.717, 1.165) is 11.3 Å². The number of ether oxygens (including phenoxy) is 2. The maximum atomic E-state index is 12.5. The number of furan rings is 1. The van der Waals surface area contributed by atoms with Crippen LogP contribution < -0.4 is 14.8 Å². The first-order chi connectivity index (χ1) is 15.5. The number of aryl methyl sites for hydroxylation is 1. The maximum Gasteiger partial charge on any atom is 0.387 e. The minimum Gasteiger partial charge on any atom is -0.485 e. The highest BCUT2D eigenvalue weighted by molar-refractivity contribution is 7.14. The summed E-state index contributed by atoms with van der Waals surface area (Å²) in [6.07, 6.45) is 0. The lowest BCUT2D eigenvalue weighted by atomic mass is 10.2. The molecule has 1 amide bonds. The van der Waals surface area contributed by atoms with Gasteiger partial charge in [0.15, 0.2) is 10.9 Å². The van der Waals surface area contributed by atoms with Crippen molar-refractivity contribution >= 4 is 22.4 Å². The van der Waals surface area contributed by atoms with E-state index >= 15 is 0 Å². The van der Waals surface area contributed by atoms with Gasteiger partial charge in [-0.2, -0.15) is 8.78 Å². The molecule has 0 saturated heterocycles. The van der Waals surface area contributed by atoms with Crippen molar-refractivity contribution in [2.75, 3.05) is 5.32 Å². The minimum atomic E-state index is -2.88. The van der Waals surface area contributed by atoms with Gasteiger partial charge in [-0.1, -0.05) is 18.2 Å². The molecule has 0 saturated carbocycles. The van der Waals surface area contributed by atoms with Crippen molar-refractivity contribution in [1.29, 1.82) is 0 Å². The van der Waals surface area contributed by atoms with Gasteiger partial charge >= 0.3 is 6.61 Å². The number of rotatable bonds is 8. The van der Waals surface area contributed by atoms with Crippen LogP contribution in [0.25, 0.3) is 11.3 Å². The number of para-hydroxylation sites is 1. The van der Waals surface area contributed by atoms with Crippen molar-refractivity contribution in [2.45, 2.75) is 20.1 Å². The second kappa shape index (κ2) is 9.61. The first-order valence-electron chi connectivity index (χ1n) is 9.57. The average Bonchev–Trinajstić information content (AvgIpc) is 3.43. The smallest absolute Gasteiger partial charge is 0.387 e. The number of halogens is 2. The van der Waals surface area contributed by atoms with E-state index in [2.05, 4.69) is 15.0 Å². The third-order valence-electron chi connectivity index (χ3n) is 4.45. The number of nitrogens with zero attached hydrogens (tertiary/aromatic N) is 1. The summed E-state index contributed by atoms with van der Waals surface area (Å²) in [5, 5.41) is 4.83. The summed E-state index contributed by atoms with van der Waals surface area (Å²) >= 11 is 1.24. The summed E-state index contributed by atoms with van der Waals surface area (Å²) < 4.78 is 40.2. The molecular formula is C23H18F2N2O4S. The molecule has 0 fully saturated rings. The van der Waals surface area contributed by atoms with E-state index in [0.29, 0.717) is 22.1 Å². The zero-order chi connectivity index (χ0) is 22.5. The van der Waals surface area contributed by atoms with Gasteiger partial charge in [0, 0.05) is 10.9 Å². The summed E-state index contributed by atoms with van der Waals surface area (Å²) in [5.74, 6) is 1.03. The Bertz CT molecular complexity index is 1200. The Balaban J connectivity index is 1.35. The Hall–Kier alpha value is -3.72. The molecular weight excluding hydrogens is 438 g/mol. The fourth-order valence-corrected chi connectivity index (χ4v) is 3.59. The second-order valence-electron chi connectivity index (χ2n) is 6.72. The predicted molar refractivity (Wildman–Crippen MR) is 116 cm³/mol. The summed E-state index contributed by atoms with van der Waals surface area (Å²) in [4.78, 5) is 16.8. The van der Waals surface area contributed by atoms with E-state index in [1.807, 2.05) is 31.2 Å². The fourth-order valence-electron chi connectivity index (χ4n) is 2.87. The van der Waals surface area contributed by atoms with Gasteiger partial charge in [0.1, 0.15) is 23.9 Å². The molecule has 0 atom stereocenters. The van der Waals surface area contributed by atoms with Gasteiger partial charge in [-0.15, -0.1) is 11.3 Å². The number of amides is 1. The molecule has 0 aliphatic carbocycles. The molecule has 9 heteroatoms. The van der Waals surface area contributed by atoms with Crippen LogP contribution in [0.1, 0.15) is 21.9 Å². The van der Waals surface area contributed by atoms with E-state index in [-0.39, 0.29) is 18.1 Å². The van der Waals surface area contributed by atoms with Gasteiger partial charge in [0.2, 0.25) is 0 Å². The van der Waals surface area contributed by atoms with Crippen molar-refractivity contribution in [3.05, 3.63) is 83.1 Å². The lowest BCUT2D eigenvalue weighted by Gasteiger charge is -2.06. The molecule has 2 heterocycles.